The van der Waals surface area contributed by atoms with Crippen molar-refractivity contribution in [1.82, 2.24) is 10.6 Å². The number of amides is 1. The van der Waals surface area contributed by atoms with Gasteiger partial charge in [-0.2, -0.15) is 20.8 Å². The summed E-state index contributed by atoms with van der Waals surface area (Å²) < 4.78 is 6.62. The molecule has 0 spiro atoms. The lowest BCUT2D eigenvalue weighted by Gasteiger charge is -2.34. The Morgan fingerprint density at radius 3 is 1.77 bits per heavy atom. The van der Waals surface area contributed by atoms with E-state index in [1.165, 1.54) is 6.92 Å². The van der Waals surface area contributed by atoms with Crippen molar-refractivity contribution in [3.05, 3.63) is 0 Å². The van der Waals surface area contributed by atoms with Crippen LogP contribution in [0.1, 0.15) is 59.3 Å². The number of carbonyl (C=O) groups excluding carboxylic acids is 2. The molecule has 0 saturated heterocycles. The first kappa shape index (κ1) is 33.1. The molecule has 0 fully saturated rings. The highest BCUT2D eigenvalue weighted by atomic mass is 28.4. The predicted octanol–water partition coefficient (Wildman–Crippen LogP) is 4.70. The summed E-state index contributed by atoms with van der Waals surface area (Å²) in [7, 11) is -1.51. The molecule has 0 rings (SSSR count). The van der Waals surface area contributed by atoms with E-state index in [1.54, 1.807) is 13.8 Å². The van der Waals surface area contributed by atoms with Gasteiger partial charge >= 0.3 is 0 Å². The van der Waals surface area contributed by atoms with Crippen LogP contribution in [-0.2, 0) is 13.7 Å². The van der Waals surface area contributed by atoms with E-state index in [0.29, 0.717) is 6.54 Å². The van der Waals surface area contributed by atoms with Crippen LogP contribution in [0.2, 0.25) is 38.3 Å². The lowest BCUT2D eigenvalue weighted by Crippen LogP contribution is -2.44. The largest absolute Gasteiger partial charge is 0.455 e. The van der Waals surface area contributed by atoms with Crippen molar-refractivity contribution in [1.29, 1.82) is 10.5 Å². The molecule has 0 aromatic carbocycles. The first-order valence-electron chi connectivity index (χ1n) is 12.5. The standard InChI is InChI=1S/C24H46N6O3Si2/c1-21(31)11-13-23(2,19-25)29-30-24(3,20-26)14-12-22(32)28-16-10-18-35(7,8)33-34(5,6)17-9-15-27-4/h27H,9-18H2,1-8H3,(H,28,32). The maximum Gasteiger partial charge on any atom is 0.220 e. The lowest BCUT2D eigenvalue weighted by atomic mass is 9.97. The minimum atomic E-state index is -1.80. The summed E-state index contributed by atoms with van der Waals surface area (Å²) in [5.41, 5.74) is -2.38. The van der Waals surface area contributed by atoms with Gasteiger partial charge in [-0.05, 0) is 98.3 Å². The topological polar surface area (TPSA) is 140 Å². The molecule has 0 bridgehead atoms. The van der Waals surface area contributed by atoms with Crippen LogP contribution in [-0.4, -0.2) is 59.5 Å². The number of Topliss-reactive ketones (excluding diaryl/α,β-unsaturated/α-hetero) is 1. The van der Waals surface area contributed by atoms with E-state index >= 15 is 0 Å². The molecule has 1 amide bonds. The molecule has 0 aliphatic carbocycles. The molecule has 2 atom stereocenters. The number of azo groups is 1. The molecule has 2 N–H and O–H groups in total. The Hall–Kier alpha value is -1.93. The molecule has 11 heteroatoms. The van der Waals surface area contributed by atoms with Crippen LogP contribution in [0.15, 0.2) is 10.2 Å². The van der Waals surface area contributed by atoms with E-state index in [1.807, 2.05) is 7.05 Å². The van der Waals surface area contributed by atoms with Crippen molar-refractivity contribution >= 4 is 28.3 Å². The van der Waals surface area contributed by atoms with Crippen molar-refractivity contribution in [2.45, 2.75) is 109 Å². The fraction of sp³-hybridized carbons (Fsp3) is 0.833. The molecule has 0 aliphatic heterocycles. The number of hydrogen-bond acceptors (Lipinski definition) is 8. The van der Waals surface area contributed by atoms with E-state index in [2.05, 4.69) is 59.2 Å². The van der Waals surface area contributed by atoms with E-state index in [0.717, 1.165) is 31.5 Å². The van der Waals surface area contributed by atoms with Crippen LogP contribution < -0.4 is 10.6 Å². The Morgan fingerprint density at radius 1 is 0.886 bits per heavy atom. The van der Waals surface area contributed by atoms with Crippen LogP contribution >= 0.6 is 0 Å². The summed E-state index contributed by atoms with van der Waals surface area (Å²) in [6, 6.07) is 6.27. The highest BCUT2D eigenvalue weighted by Gasteiger charge is 2.32. The second-order valence-corrected chi connectivity index (χ2v) is 19.8. The van der Waals surface area contributed by atoms with Crippen LogP contribution in [0.3, 0.4) is 0 Å². The summed E-state index contributed by atoms with van der Waals surface area (Å²) >= 11 is 0. The quantitative estimate of drug-likeness (QED) is 0.152. The monoisotopic (exact) mass is 522 g/mol. The fourth-order valence-corrected chi connectivity index (χ4v) is 12.5. The molecule has 0 radical (unpaired) electrons. The fourth-order valence-electron chi connectivity index (χ4n) is 3.62. The maximum atomic E-state index is 12.3. The van der Waals surface area contributed by atoms with Crippen molar-refractivity contribution in [3.63, 3.8) is 0 Å². The average molecular weight is 523 g/mol. The first-order valence-corrected chi connectivity index (χ1v) is 18.7. The Morgan fingerprint density at radius 2 is 1.34 bits per heavy atom. The summed E-state index contributed by atoms with van der Waals surface area (Å²) in [6.07, 6.45) is 2.79. The second kappa shape index (κ2) is 15.2. The lowest BCUT2D eigenvalue weighted by molar-refractivity contribution is -0.121. The van der Waals surface area contributed by atoms with E-state index < -0.39 is 27.7 Å². The van der Waals surface area contributed by atoms with Gasteiger partial charge in [-0.15, -0.1) is 0 Å². The van der Waals surface area contributed by atoms with Gasteiger partial charge in [-0.1, -0.05) is 0 Å². The number of carbonyl (C=O) groups is 2. The molecule has 198 valence electrons. The van der Waals surface area contributed by atoms with Crippen LogP contribution in [0.25, 0.3) is 0 Å². The Bertz CT molecular complexity index is 806. The zero-order chi connectivity index (χ0) is 27.2. The minimum absolute atomic E-state index is 0.0330. The number of ketones is 1. The molecule has 9 nitrogen and oxygen atoms in total. The number of nitriles is 2. The Kier molecular flexibility index (Phi) is 14.4. The van der Waals surface area contributed by atoms with Crippen molar-refractivity contribution < 1.29 is 13.7 Å². The number of hydrogen-bond donors (Lipinski definition) is 2. The third-order valence-corrected chi connectivity index (χ3v) is 13.3. The molecular weight excluding hydrogens is 476 g/mol. The summed E-state index contributed by atoms with van der Waals surface area (Å²) in [6.45, 7) is 15.3. The van der Waals surface area contributed by atoms with Crippen molar-refractivity contribution in [2.24, 2.45) is 10.2 Å². The summed E-state index contributed by atoms with van der Waals surface area (Å²) in [5.74, 6) is -0.169. The molecule has 0 saturated carbocycles. The number of nitrogens with one attached hydrogen (secondary N) is 2. The normalized spacial score (nSPS) is 15.6. The van der Waals surface area contributed by atoms with Gasteiger partial charge in [0.1, 0.15) is 5.78 Å². The highest BCUT2D eigenvalue weighted by Crippen LogP contribution is 2.25. The summed E-state index contributed by atoms with van der Waals surface area (Å²) in [4.78, 5) is 23.6. The second-order valence-electron chi connectivity index (χ2n) is 11.0. The zero-order valence-corrected chi connectivity index (χ0v) is 25.1. The van der Waals surface area contributed by atoms with Crippen molar-refractivity contribution in [3.8, 4) is 12.1 Å². The minimum Gasteiger partial charge on any atom is -0.455 e. The molecule has 0 heterocycles. The number of nitrogens with zero attached hydrogens (tertiary/aromatic N) is 4. The van der Waals surface area contributed by atoms with Crippen LogP contribution in [0, 0.1) is 22.7 Å². The van der Waals surface area contributed by atoms with Crippen LogP contribution in [0.4, 0.5) is 0 Å². The summed E-state index contributed by atoms with van der Waals surface area (Å²) in [5, 5.41) is 33.3. The Labute approximate surface area is 214 Å². The third-order valence-electron chi connectivity index (χ3n) is 5.81. The number of rotatable bonds is 18. The average Bonchev–Trinajstić information content (AvgIpc) is 2.77. The molecular formula is C24H46N6O3Si2. The van der Waals surface area contributed by atoms with Gasteiger partial charge in [0.25, 0.3) is 0 Å². The van der Waals surface area contributed by atoms with Gasteiger partial charge in [0.15, 0.2) is 27.7 Å². The van der Waals surface area contributed by atoms with Gasteiger partial charge in [0.05, 0.1) is 12.1 Å². The van der Waals surface area contributed by atoms with E-state index in [9.17, 15) is 20.1 Å². The molecule has 35 heavy (non-hydrogen) atoms. The molecule has 0 aromatic rings. The molecule has 0 aromatic heterocycles. The predicted molar refractivity (Wildman–Crippen MR) is 144 cm³/mol. The first-order chi connectivity index (χ1) is 16.1. The SMILES string of the molecule is CNCCC[Si](C)(C)O[Si](C)(C)CCCNC(=O)CCC(C)(C#N)N=NC(C)(C#N)CCC(C)=O. The van der Waals surface area contributed by atoms with Gasteiger partial charge in [0.2, 0.25) is 5.91 Å². The Balaban J connectivity index is 4.59. The molecule has 2 unspecified atom stereocenters. The highest BCUT2D eigenvalue weighted by molar-refractivity contribution is 6.84. The van der Waals surface area contributed by atoms with Crippen LogP contribution in [0.5, 0.6) is 0 Å². The van der Waals surface area contributed by atoms with Gasteiger partial charge < -0.3 is 19.5 Å². The van der Waals surface area contributed by atoms with E-state index in [-0.39, 0.29) is 37.4 Å². The smallest absolute Gasteiger partial charge is 0.220 e. The van der Waals surface area contributed by atoms with Crippen molar-refractivity contribution in [2.75, 3.05) is 20.1 Å². The maximum absolute atomic E-state index is 12.3. The third kappa shape index (κ3) is 15.6. The van der Waals surface area contributed by atoms with Gasteiger partial charge in [-0.25, -0.2) is 0 Å². The van der Waals surface area contributed by atoms with E-state index in [4.69, 9.17) is 4.12 Å². The van der Waals surface area contributed by atoms with Gasteiger partial charge in [-0.3, -0.25) is 4.79 Å². The zero-order valence-electron chi connectivity index (χ0n) is 23.1. The van der Waals surface area contributed by atoms with Gasteiger partial charge in [0, 0.05) is 19.4 Å². The molecule has 0 aliphatic rings.